The van der Waals surface area contributed by atoms with Crippen LogP contribution in [0.1, 0.15) is 25.3 Å². The number of hydrogen-bond acceptors (Lipinski definition) is 3. The largest absolute Gasteiger partial charge is 0.398 e. The molecule has 6 heteroatoms. The highest BCUT2D eigenvalue weighted by molar-refractivity contribution is 7.89. The van der Waals surface area contributed by atoms with E-state index in [4.69, 9.17) is 17.3 Å². The average Bonchev–Trinajstić information content (AvgIpc) is 3.00. The third-order valence-electron chi connectivity index (χ3n) is 3.41. The molecule has 1 aliphatic rings. The van der Waals surface area contributed by atoms with Gasteiger partial charge in [0.1, 0.15) is 0 Å². The molecule has 2 rings (SSSR count). The molecule has 18 heavy (non-hydrogen) atoms. The van der Waals surface area contributed by atoms with E-state index in [0.29, 0.717) is 22.2 Å². The van der Waals surface area contributed by atoms with Crippen LogP contribution < -0.4 is 10.5 Å². The standard InChI is InChI=1S/C12H17ClN2O2S/c1-3-8-4-11(8)15-18(16,17)12-6-9(13)5-10(14)7(12)2/h5-6,8,11,15H,3-4,14H2,1-2H3. The molecule has 0 aromatic heterocycles. The van der Waals surface area contributed by atoms with Crippen LogP contribution >= 0.6 is 11.6 Å². The molecule has 2 unspecified atom stereocenters. The van der Waals surface area contributed by atoms with Gasteiger partial charge >= 0.3 is 0 Å². The summed E-state index contributed by atoms with van der Waals surface area (Å²) in [7, 11) is -3.53. The van der Waals surface area contributed by atoms with Gasteiger partial charge in [-0.3, -0.25) is 0 Å². The molecule has 0 spiro atoms. The van der Waals surface area contributed by atoms with Crippen molar-refractivity contribution in [3.05, 3.63) is 22.7 Å². The highest BCUT2D eigenvalue weighted by Crippen LogP contribution is 2.35. The lowest BCUT2D eigenvalue weighted by molar-refractivity contribution is 0.575. The molecule has 2 atom stereocenters. The Morgan fingerprint density at radius 2 is 2.17 bits per heavy atom. The van der Waals surface area contributed by atoms with Crippen molar-refractivity contribution in [2.24, 2.45) is 5.92 Å². The second-order valence-corrected chi connectivity index (χ2v) is 6.87. The van der Waals surface area contributed by atoms with Gasteiger partial charge in [-0.15, -0.1) is 0 Å². The van der Waals surface area contributed by atoms with Crippen molar-refractivity contribution < 1.29 is 8.42 Å². The summed E-state index contributed by atoms with van der Waals surface area (Å²) in [6, 6.07) is 3.06. The molecule has 0 aliphatic heterocycles. The number of anilines is 1. The van der Waals surface area contributed by atoms with Crippen LogP contribution in [0.5, 0.6) is 0 Å². The van der Waals surface area contributed by atoms with E-state index >= 15 is 0 Å². The summed E-state index contributed by atoms with van der Waals surface area (Å²) in [4.78, 5) is 0.175. The summed E-state index contributed by atoms with van der Waals surface area (Å²) in [5.41, 5.74) is 6.68. The molecule has 1 fully saturated rings. The van der Waals surface area contributed by atoms with Crippen LogP contribution in [-0.2, 0) is 10.0 Å². The molecule has 0 heterocycles. The minimum Gasteiger partial charge on any atom is -0.398 e. The van der Waals surface area contributed by atoms with Crippen molar-refractivity contribution in [2.45, 2.75) is 37.6 Å². The first-order chi connectivity index (χ1) is 8.35. The van der Waals surface area contributed by atoms with Gasteiger partial charge in [0.2, 0.25) is 10.0 Å². The number of sulfonamides is 1. The topological polar surface area (TPSA) is 72.2 Å². The van der Waals surface area contributed by atoms with E-state index in [1.54, 1.807) is 13.0 Å². The molecule has 3 N–H and O–H groups in total. The fraction of sp³-hybridized carbons (Fsp3) is 0.500. The average molecular weight is 289 g/mol. The maximum absolute atomic E-state index is 12.2. The molecule has 1 aromatic rings. The van der Waals surface area contributed by atoms with Gasteiger partial charge in [0.05, 0.1) is 4.90 Å². The minimum atomic E-state index is -3.53. The molecular weight excluding hydrogens is 272 g/mol. The first-order valence-corrected chi connectivity index (χ1v) is 7.79. The van der Waals surface area contributed by atoms with Crippen LogP contribution in [-0.4, -0.2) is 14.5 Å². The first kappa shape index (κ1) is 13.6. The maximum atomic E-state index is 12.2. The molecule has 1 aromatic carbocycles. The van der Waals surface area contributed by atoms with Gasteiger partial charge in [-0.2, -0.15) is 0 Å². The number of nitrogens with two attached hydrogens (primary N) is 1. The van der Waals surface area contributed by atoms with Crippen LogP contribution in [0.15, 0.2) is 17.0 Å². The Morgan fingerprint density at radius 3 is 2.72 bits per heavy atom. The zero-order valence-corrected chi connectivity index (χ0v) is 12.0. The smallest absolute Gasteiger partial charge is 0.241 e. The summed E-state index contributed by atoms with van der Waals surface area (Å²) in [5.74, 6) is 0.455. The van der Waals surface area contributed by atoms with E-state index in [0.717, 1.165) is 12.8 Å². The molecule has 0 radical (unpaired) electrons. The highest BCUT2D eigenvalue weighted by Gasteiger charge is 2.39. The monoisotopic (exact) mass is 288 g/mol. The van der Waals surface area contributed by atoms with Crippen molar-refractivity contribution >= 4 is 27.3 Å². The lowest BCUT2D eigenvalue weighted by Gasteiger charge is -2.11. The summed E-state index contributed by atoms with van der Waals surface area (Å²) in [5, 5.41) is 0.335. The predicted molar refractivity (Wildman–Crippen MR) is 73.1 cm³/mol. The summed E-state index contributed by atoms with van der Waals surface area (Å²) < 4.78 is 27.2. The van der Waals surface area contributed by atoms with Gasteiger partial charge in [0.15, 0.2) is 0 Å². The van der Waals surface area contributed by atoms with Crippen molar-refractivity contribution in [3.63, 3.8) is 0 Å². The number of benzene rings is 1. The number of rotatable bonds is 4. The third-order valence-corrected chi connectivity index (χ3v) is 5.24. The quantitative estimate of drug-likeness (QED) is 0.835. The number of hydrogen-bond donors (Lipinski definition) is 2. The Labute approximate surface area is 113 Å². The molecule has 4 nitrogen and oxygen atoms in total. The molecule has 1 saturated carbocycles. The van der Waals surface area contributed by atoms with Crippen molar-refractivity contribution in [1.29, 1.82) is 0 Å². The molecule has 1 aliphatic carbocycles. The van der Waals surface area contributed by atoms with Crippen LogP contribution in [0.3, 0.4) is 0 Å². The summed E-state index contributed by atoms with van der Waals surface area (Å²) in [6.07, 6.45) is 1.90. The molecular formula is C12H17ClN2O2S. The van der Waals surface area contributed by atoms with Gasteiger partial charge < -0.3 is 5.73 Å². The van der Waals surface area contributed by atoms with Crippen molar-refractivity contribution in [3.8, 4) is 0 Å². The van der Waals surface area contributed by atoms with Gasteiger partial charge in [-0.05, 0) is 37.0 Å². The SMILES string of the molecule is CCC1CC1NS(=O)(=O)c1cc(Cl)cc(N)c1C. The van der Waals surface area contributed by atoms with E-state index in [1.807, 2.05) is 0 Å². The predicted octanol–water partition coefficient (Wildman–Crippen LogP) is 2.31. The zero-order chi connectivity index (χ0) is 13.5. The molecule has 0 saturated heterocycles. The Hall–Kier alpha value is -0.780. The lowest BCUT2D eigenvalue weighted by atomic mass is 10.2. The zero-order valence-electron chi connectivity index (χ0n) is 10.4. The van der Waals surface area contributed by atoms with Gasteiger partial charge in [-0.1, -0.05) is 24.9 Å². The van der Waals surface area contributed by atoms with E-state index in [1.165, 1.54) is 6.07 Å². The second kappa shape index (κ2) is 4.72. The fourth-order valence-electron chi connectivity index (χ4n) is 2.06. The van der Waals surface area contributed by atoms with Crippen LogP contribution in [0.4, 0.5) is 5.69 Å². The number of nitrogen functional groups attached to an aromatic ring is 1. The molecule has 100 valence electrons. The Bertz CT molecular complexity index is 572. The van der Waals surface area contributed by atoms with Gasteiger partial charge in [0.25, 0.3) is 0 Å². The van der Waals surface area contributed by atoms with Crippen molar-refractivity contribution in [2.75, 3.05) is 5.73 Å². The van der Waals surface area contributed by atoms with Gasteiger partial charge in [-0.25, -0.2) is 13.1 Å². The summed E-state index contributed by atoms with van der Waals surface area (Å²) in [6.45, 7) is 3.74. The van der Waals surface area contributed by atoms with Crippen molar-refractivity contribution in [1.82, 2.24) is 4.72 Å². The Morgan fingerprint density at radius 1 is 1.50 bits per heavy atom. The minimum absolute atomic E-state index is 0.0552. The number of halogens is 1. The van der Waals surface area contributed by atoms with E-state index in [2.05, 4.69) is 11.6 Å². The lowest BCUT2D eigenvalue weighted by Crippen LogP contribution is -2.27. The van der Waals surface area contributed by atoms with E-state index < -0.39 is 10.0 Å². The fourth-order valence-corrected chi connectivity index (χ4v) is 3.97. The third kappa shape index (κ3) is 2.63. The summed E-state index contributed by atoms with van der Waals surface area (Å²) >= 11 is 5.86. The van der Waals surface area contributed by atoms with Crippen LogP contribution in [0.25, 0.3) is 0 Å². The first-order valence-electron chi connectivity index (χ1n) is 5.93. The van der Waals surface area contributed by atoms with Crippen LogP contribution in [0.2, 0.25) is 5.02 Å². The van der Waals surface area contributed by atoms with Crippen LogP contribution in [0, 0.1) is 12.8 Å². The normalized spacial score (nSPS) is 23.1. The van der Waals surface area contributed by atoms with Gasteiger partial charge in [0, 0.05) is 16.8 Å². The molecule has 0 bridgehead atoms. The van der Waals surface area contributed by atoms with E-state index in [-0.39, 0.29) is 10.9 Å². The second-order valence-electron chi connectivity index (χ2n) is 4.75. The Balaban J connectivity index is 2.30. The Kier molecular flexibility index (Phi) is 3.58. The number of nitrogens with one attached hydrogen (secondary N) is 1. The highest BCUT2D eigenvalue weighted by atomic mass is 35.5. The molecule has 0 amide bonds. The van der Waals surface area contributed by atoms with E-state index in [9.17, 15) is 8.42 Å². The maximum Gasteiger partial charge on any atom is 0.241 e.